The molecule has 10 nitrogen and oxygen atoms in total. The quantitative estimate of drug-likeness (QED) is 0.152. The van der Waals surface area contributed by atoms with Crippen molar-refractivity contribution in [3.63, 3.8) is 0 Å². The fraction of sp³-hybridized carbons (Fsp3) is 0.160. The number of aromatic nitrogens is 8. The first kappa shape index (κ1) is 36.9. The summed E-state index contributed by atoms with van der Waals surface area (Å²) in [6.07, 6.45) is 11.1. The Hall–Kier alpha value is -7.46. The van der Waals surface area contributed by atoms with E-state index in [2.05, 4.69) is 109 Å². The first-order valence-electron chi connectivity index (χ1n) is 20.1. The molecule has 0 spiro atoms. The number of fused-ring (bicyclic) bond motifs is 5. The average molecular weight is 789 g/mol. The van der Waals surface area contributed by atoms with E-state index in [1.165, 1.54) is 0 Å². The van der Waals surface area contributed by atoms with Crippen LogP contribution in [-0.2, 0) is 10.8 Å². The van der Waals surface area contributed by atoms with Crippen LogP contribution in [0, 0.1) is 0 Å². The Morgan fingerprint density at radius 3 is 1.25 bits per heavy atom. The van der Waals surface area contributed by atoms with Gasteiger partial charge >= 0.3 is 0 Å². The molecule has 296 valence electrons. The normalized spacial score (nSPS) is 12.2. The second-order valence-corrected chi connectivity index (χ2v) is 17.1. The summed E-state index contributed by atoms with van der Waals surface area (Å²) in [4.78, 5) is 9.78. The lowest BCUT2D eigenvalue weighted by Crippen LogP contribution is -2.12. The summed E-state index contributed by atoms with van der Waals surface area (Å²) in [5.41, 5.74) is 7.86. The van der Waals surface area contributed by atoms with Crippen LogP contribution in [0.4, 0.5) is 0 Å². The molecule has 0 unspecified atom stereocenters. The summed E-state index contributed by atoms with van der Waals surface area (Å²) in [6.45, 7) is 13.2. The fourth-order valence-corrected chi connectivity index (χ4v) is 7.85. The molecule has 0 N–H and O–H groups in total. The van der Waals surface area contributed by atoms with Gasteiger partial charge in [0.1, 0.15) is 34.6 Å². The van der Waals surface area contributed by atoms with Crippen molar-refractivity contribution in [2.75, 3.05) is 0 Å². The van der Waals surface area contributed by atoms with Crippen molar-refractivity contribution in [1.82, 2.24) is 38.7 Å². The first-order chi connectivity index (χ1) is 29.0. The highest BCUT2D eigenvalue weighted by molar-refractivity contribution is 6.20. The van der Waals surface area contributed by atoms with Crippen LogP contribution in [-0.4, -0.2) is 38.7 Å². The number of rotatable bonds is 8. The number of benzene rings is 4. The maximum atomic E-state index is 6.74. The molecule has 0 amide bonds. The van der Waals surface area contributed by atoms with Crippen LogP contribution in [0.5, 0.6) is 23.0 Å². The van der Waals surface area contributed by atoms with Gasteiger partial charge in [0, 0.05) is 72.2 Å². The van der Waals surface area contributed by atoms with Gasteiger partial charge in [-0.1, -0.05) is 53.7 Å². The van der Waals surface area contributed by atoms with Crippen LogP contribution in [0.2, 0.25) is 0 Å². The van der Waals surface area contributed by atoms with Crippen LogP contribution in [0.25, 0.3) is 55.8 Å². The van der Waals surface area contributed by atoms with Gasteiger partial charge in [0.15, 0.2) is 0 Å². The highest BCUT2D eigenvalue weighted by Gasteiger charge is 2.25. The lowest BCUT2D eigenvalue weighted by atomic mass is 9.86. The molecule has 0 atom stereocenters. The summed E-state index contributed by atoms with van der Waals surface area (Å²) in [5.74, 6) is 4.44. The smallest absolute Gasteiger partial charge is 0.137 e. The van der Waals surface area contributed by atoms with Gasteiger partial charge in [0.25, 0.3) is 0 Å². The van der Waals surface area contributed by atoms with Gasteiger partial charge in [-0.25, -0.2) is 19.3 Å². The third-order valence-corrected chi connectivity index (χ3v) is 10.9. The molecule has 0 radical (unpaired) electrons. The monoisotopic (exact) mass is 788 g/mol. The van der Waals surface area contributed by atoms with Gasteiger partial charge in [0.2, 0.25) is 0 Å². The Bertz CT molecular complexity index is 2940. The molecule has 10 rings (SSSR count). The van der Waals surface area contributed by atoms with E-state index in [-0.39, 0.29) is 10.8 Å². The Balaban J connectivity index is 1.16. The van der Waals surface area contributed by atoms with Gasteiger partial charge in [0.05, 0.1) is 33.4 Å². The predicted octanol–water partition coefficient (Wildman–Crippen LogP) is 12.1. The van der Waals surface area contributed by atoms with E-state index in [0.717, 1.165) is 78.5 Å². The molecule has 0 fully saturated rings. The molecule has 6 aromatic heterocycles. The van der Waals surface area contributed by atoms with Crippen LogP contribution >= 0.6 is 0 Å². The van der Waals surface area contributed by atoms with E-state index in [0.29, 0.717) is 11.5 Å². The Kier molecular flexibility index (Phi) is 8.68. The molecule has 0 saturated heterocycles. The lowest BCUT2D eigenvalue weighted by Gasteiger charge is -2.21. The SMILES string of the molecule is CC(C)(C)c1cc(Oc2ccc3c(c2)n(-c2ccccn2)c2c4ccc(Oc5cc(-n6cccn6)cc(C(C)(C)C)c5)cc4n(-c4ccccn4)c32)cc(-n2cccn2)c1. The Labute approximate surface area is 347 Å². The van der Waals surface area contributed by atoms with Crippen LogP contribution in [0.15, 0.2) is 159 Å². The van der Waals surface area contributed by atoms with Gasteiger partial charge in [-0.05, 0) is 107 Å². The third kappa shape index (κ3) is 6.65. The molecular formula is C50H44N8O2. The maximum Gasteiger partial charge on any atom is 0.137 e. The van der Waals surface area contributed by atoms with Gasteiger partial charge < -0.3 is 9.47 Å². The van der Waals surface area contributed by atoms with Crippen molar-refractivity contribution in [3.8, 4) is 46.0 Å². The minimum Gasteiger partial charge on any atom is -0.457 e. The van der Waals surface area contributed by atoms with E-state index >= 15 is 0 Å². The van der Waals surface area contributed by atoms with Gasteiger partial charge in [-0.2, -0.15) is 10.2 Å². The minimum atomic E-state index is -0.105. The second kappa shape index (κ2) is 14.1. The molecular weight excluding hydrogens is 745 g/mol. The molecule has 0 aliphatic rings. The molecule has 0 aliphatic heterocycles. The highest BCUT2D eigenvalue weighted by atomic mass is 16.5. The Morgan fingerprint density at radius 1 is 0.433 bits per heavy atom. The van der Waals surface area contributed by atoms with Crippen molar-refractivity contribution in [2.45, 2.75) is 52.4 Å². The van der Waals surface area contributed by atoms with E-state index in [1.807, 2.05) is 107 Å². The van der Waals surface area contributed by atoms with Gasteiger partial charge in [-0.3, -0.25) is 9.13 Å². The van der Waals surface area contributed by atoms with Crippen molar-refractivity contribution in [2.24, 2.45) is 0 Å². The summed E-state index contributed by atoms with van der Waals surface area (Å²) in [6, 6.07) is 41.0. The fourth-order valence-electron chi connectivity index (χ4n) is 7.85. The second-order valence-electron chi connectivity index (χ2n) is 17.1. The summed E-state index contributed by atoms with van der Waals surface area (Å²) in [5, 5.41) is 11.1. The zero-order chi connectivity index (χ0) is 41.2. The van der Waals surface area contributed by atoms with Crippen molar-refractivity contribution < 1.29 is 9.47 Å². The molecule has 0 saturated carbocycles. The standard InChI is InChI=1S/C50H44N8O2/c1-49(2,3)33-25-35(55-23-11-21-53-55)29-39(27-33)59-37-15-17-41-43(31-37)57(45-13-7-9-19-51-45)48-42-18-16-38(32-44(42)58(47(41)48)46-14-8-10-20-52-46)60-40-28-34(50(4,5)6)26-36(30-40)56-24-12-22-54-56/h7-32H,1-6H3. The molecule has 10 heteroatoms. The molecule has 60 heavy (non-hydrogen) atoms. The molecule has 6 heterocycles. The van der Waals surface area contributed by atoms with Crippen molar-refractivity contribution in [1.29, 1.82) is 0 Å². The number of hydrogen-bond acceptors (Lipinski definition) is 6. The summed E-state index contributed by atoms with van der Waals surface area (Å²) < 4.78 is 21.7. The summed E-state index contributed by atoms with van der Waals surface area (Å²) >= 11 is 0. The first-order valence-corrected chi connectivity index (χ1v) is 20.1. The zero-order valence-electron chi connectivity index (χ0n) is 34.4. The number of nitrogens with zero attached hydrogens (tertiary/aromatic N) is 8. The topological polar surface area (TPSA) is 89.7 Å². The molecule has 0 bridgehead atoms. The maximum absolute atomic E-state index is 6.74. The van der Waals surface area contributed by atoms with E-state index in [1.54, 1.807) is 12.4 Å². The van der Waals surface area contributed by atoms with Gasteiger partial charge in [-0.15, -0.1) is 0 Å². The molecule has 0 aliphatic carbocycles. The predicted molar refractivity (Wildman–Crippen MR) is 238 cm³/mol. The molecule has 10 aromatic rings. The number of ether oxygens (including phenoxy) is 2. The van der Waals surface area contributed by atoms with Crippen LogP contribution in [0.1, 0.15) is 52.7 Å². The van der Waals surface area contributed by atoms with Crippen LogP contribution in [0.3, 0.4) is 0 Å². The van der Waals surface area contributed by atoms with E-state index in [4.69, 9.17) is 19.4 Å². The Morgan fingerprint density at radius 2 is 0.883 bits per heavy atom. The third-order valence-electron chi connectivity index (χ3n) is 10.9. The largest absolute Gasteiger partial charge is 0.457 e. The van der Waals surface area contributed by atoms with E-state index in [9.17, 15) is 0 Å². The lowest BCUT2D eigenvalue weighted by molar-refractivity contribution is 0.478. The van der Waals surface area contributed by atoms with Crippen molar-refractivity contribution >= 4 is 32.8 Å². The average Bonchev–Trinajstić information content (AvgIpc) is 4.07. The number of pyridine rings is 2. The molecule has 4 aromatic carbocycles. The number of hydrogen-bond donors (Lipinski definition) is 0. The van der Waals surface area contributed by atoms with E-state index < -0.39 is 0 Å². The van der Waals surface area contributed by atoms with Crippen LogP contribution < -0.4 is 9.47 Å². The highest BCUT2D eigenvalue weighted by Crippen LogP contribution is 2.43. The minimum absolute atomic E-state index is 0.105. The summed E-state index contributed by atoms with van der Waals surface area (Å²) in [7, 11) is 0. The van der Waals surface area contributed by atoms with Crippen molar-refractivity contribution in [3.05, 3.63) is 170 Å². The zero-order valence-corrected chi connectivity index (χ0v) is 34.4.